The normalized spacial score (nSPS) is 23.7. The largest absolute Gasteiger partial charge is 0.352 e. The Balaban J connectivity index is 1.25. The molecule has 7 heteroatoms. The van der Waals surface area contributed by atoms with Gasteiger partial charge in [-0.15, -0.1) is 0 Å². The smallest absolute Gasteiger partial charge is 0.233 e. The Kier molecular flexibility index (Phi) is 5.47. The highest BCUT2D eigenvalue weighted by molar-refractivity contribution is 6.05. The number of allylic oxidation sites excluding steroid dienone is 2. The molecule has 2 atom stereocenters. The number of anilines is 1. The van der Waals surface area contributed by atoms with Crippen molar-refractivity contribution in [3.63, 3.8) is 0 Å². The van der Waals surface area contributed by atoms with Crippen molar-refractivity contribution in [2.45, 2.75) is 38.6 Å². The van der Waals surface area contributed by atoms with Crippen LogP contribution in [0.5, 0.6) is 0 Å². The van der Waals surface area contributed by atoms with E-state index in [0.29, 0.717) is 25.8 Å². The molecule has 0 unspecified atom stereocenters. The average Bonchev–Trinajstić information content (AvgIpc) is 3.27. The van der Waals surface area contributed by atoms with Gasteiger partial charge in [-0.3, -0.25) is 24.1 Å². The SMILES string of the molecule is O=C(CCN1C(=O)[C@@H]2CC=CC[C@H]2C1=O)NCc1ccc(N2CCCC2=O)cc1. The molecule has 152 valence electrons. The van der Waals surface area contributed by atoms with Crippen molar-refractivity contribution in [3.8, 4) is 0 Å². The molecule has 1 N–H and O–H groups in total. The van der Waals surface area contributed by atoms with Gasteiger partial charge in [-0.1, -0.05) is 24.3 Å². The highest BCUT2D eigenvalue weighted by Gasteiger charge is 2.46. The summed E-state index contributed by atoms with van der Waals surface area (Å²) in [7, 11) is 0. The summed E-state index contributed by atoms with van der Waals surface area (Å²) in [4.78, 5) is 51.9. The van der Waals surface area contributed by atoms with Crippen molar-refractivity contribution in [1.29, 1.82) is 0 Å². The molecule has 1 aliphatic carbocycles. The molecule has 0 radical (unpaired) electrons. The van der Waals surface area contributed by atoms with Crippen LogP contribution in [0.1, 0.15) is 37.7 Å². The van der Waals surface area contributed by atoms with Gasteiger partial charge in [-0.2, -0.15) is 0 Å². The first kappa shape index (κ1) is 19.4. The molecule has 2 heterocycles. The molecule has 2 saturated heterocycles. The predicted molar refractivity (Wildman–Crippen MR) is 107 cm³/mol. The van der Waals surface area contributed by atoms with Gasteiger partial charge in [0.1, 0.15) is 0 Å². The van der Waals surface area contributed by atoms with Crippen LogP contribution in [0.3, 0.4) is 0 Å². The van der Waals surface area contributed by atoms with Crippen molar-refractivity contribution in [1.82, 2.24) is 10.2 Å². The Hall–Kier alpha value is -2.96. The number of hydrogen-bond donors (Lipinski definition) is 1. The van der Waals surface area contributed by atoms with Crippen molar-refractivity contribution in [2.75, 3.05) is 18.0 Å². The van der Waals surface area contributed by atoms with Gasteiger partial charge in [0, 0.05) is 38.2 Å². The number of carbonyl (C=O) groups excluding carboxylic acids is 4. The number of nitrogens with one attached hydrogen (secondary N) is 1. The van der Waals surface area contributed by atoms with E-state index >= 15 is 0 Å². The molecule has 1 aromatic carbocycles. The highest BCUT2D eigenvalue weighted by Crippen LogP contribution is 2.35. The van der Waals surface area contributed by atoms with Crippen LogP contribution < -0.4 is 10.2 Å². The zero-order chi connectivity index (χ0) is 20.4. The van der Waals surface area contributed by atoms with E-state index in [9.17, 15) is 19.2 Å². The van der Waals surface area contributed by atoms with Crippen LogP contribution in [-0.2, 0) is 25.7 Å². The van der Waals surface area contributed by atoms with Gasteiger partial charge in [-0.05, 0) is 37.0 Å². The summed E-state index contributed by atoms with van der Waals surface area (Å²) < 4.78 is 0. The second-order valence-electron chi connectivity index (χ2n) is 7.83. The fourth-order valence-corrected chi connectivity index (χ4v) is 4.31. The third-order valence-corrected chi connectivity index (χ3v) is 5.97. The predicted octanol–water partition coefficient (Wildman–Crippen LogP) is 1.77. The minimum absolute atomic E-state index is 0.102. The third-order valence-electron chi connectivity index (χ3n) is 5.97. The lowest BCUT2D eigenvalue weighted by Crippen LogP contribution is -2.35. The standard InChI is InChI=1S/C22H25N3O4/c26-19(11-13-25-21(28)17-4-1-2-5-18(17)22(25)29)23-14-15-7-9-16(10-8-15)24-12-3-6-20(24)27/h1-2,7-10,17-18H,3-6,11-14H2,(H,23,26)/t17-,18-/m1/s1. The molecule has 0 bridgehead atoms. The zero-order valence-electron chi connectivity index (χ0n) is 16.3. The van der Waals surface area contributed by atoms with Gasteiger partial charge in [-0.25, -0.2) is 0 Å². The van der Waals surface area contributed by atoms with Gasteiger partial charge in [0.05, 0.1) is 11.8 Å². The van der Waals surface area contributed by atoms with Crippen molar-refractivity contribution >= 4 is 29.3 Å². The van der Waals surface area contributed by atoms with E-state index in [4.69, 9.17) is 0 Å². The second kappa shape index (κ2) is 8.19. The molecular formula is C22H25N3O4. The van der Waals surface area contributed by atoms with Gasteiger partial charge < -0.3 is 10.2 Å². The van der Waals surface area contributed by atoms with Gasteiger partial charge in [0.25, 0.3) is 0 Å². The maximum atomic E-state index is 12.4. The minimum Gasteiger partial charge on any atom is -0.352 e. The van der Waals surface area contributed by atoms with Crippen LogP contribution in [0.2, 0.25) is 0 Å². The average molecular weight is 395 g/mol. The molecule has 2 fully saturated rings. The lowest BCUT2D eigenvalue weighted by Gasteiger charge is -2.16. The van der Waals surface area contributed by atoms with Crippen LogP contribution in [-0.4, -0.2) is 41.6 Å². The summed E-state index contributed by atoms with van der Waals surface area (Å²) in [5.74, 6) is -0.855. The summed E-state index contributed by atoms with van der Waals surface area (Å²) in [6, 6.07) is 7.57. The Bertz CT molecular complexity index is 835. The summed E-state index contributed by atoms with van der Waals surface area (Å²) >= 11 is 0. The lowest BCUT2D eigenvalue weighted by molar-refractivity contribution is -0.140. The highest BCUT2D eigenvalue weighted by atomic mass is 16.2. The fraction of sp³-hybridized carbons (Fsp3) is 0.455. The molecule has 0 aromatic heterocycles. The number of likely N-dealkylation sites (tertiary alicyclic amines) is 1. The van der Waals surface area contributed by atoms with Crippen molar-refractivity contribution < 1.29 is 19.2 Å². The molecule has 7 nitrogen and oxygen atoms in total. The van der Waals surface area contributed by atoms with Gasteiger partial charge in [0.15, 0.2) is 0 Å². The van der Waals surface area contributed by atoms with E-state index in [1.54, 1.807) is 4.90 Å². The van der Waals surface area contributed by atoms with Crippen LogP contribution in [0.15, 0.2) is 36.4 Å². The first-order chi connectivity index (χ1) is 14.0. The van der Waals surface area contributed by atoms with Gasteiger partial charge in [0.2, 0.25) is 23.6 Å². The fourth-order valence-electron chi connectivity index (χ4n) is 4.31. The number of carbonyl (C=O) groups is 4. The van der Waals surface area contributed by atoms with Crippen LogP contribution in [0, 0.1) is 11.8 Å². The second-order valence-corrected chi connectivity index (χ2v) is 7.83. The Morgan fingerprint density at radius 1 is 1.00 bits per heavy atom. The van der Waals surface area contributed by atoms with E-state index in [1.165, 1.54) is 4.90 Å². The number of nitrogens with zero attached hydrogens (tertiary/aromatic N) is 2. The molecule has 4 rings (SSSR count). The first-order valence-corrected chi connectivity index (χ1v) is 10.2. The molecule has 0 saturated carbocycles. The van der Waals surface area contributed by atoms with Crippen molar-refractivity contribution in [2.24, 2.45) is 11.8 Å². The maximum absolute atomic E-state index is 12.4. The van der Waals surface area contributed by atoms with Crippen LogP contribution >= 0.6 is 0 Å². The number of imide groups is 1. The summed E-state index contributed by atoms with van der Waals surface area (Å²) in [5.41, 5.74) is 1.81. The minimum atomic E-state index is -0.253. The van der Waals surface area contributed by atoms with Crippen LogP contribution in [0.4, 0.5) is 5.69 Å². The third kappa shape index (κ3) is 3.95. The summed E-state index contributed by atoms with van der Waals surface area (Å²) in [6.07, 6.45) is 6.70. The quantitative estimate of drug-likeness (QED) is 0.588. The summed E-state index contributed by atoms with van der Waals surface area (Å²) in [5, 5.41) is 2.83. The van der Waals surface area contributed by atoms with Crippen molar-refractivity contribution in [3.05, 3.63) is 42.0 Å². The molecule has 29 heavy (non-hydrogen) atoms. The first-order valence-electron chi connectivity index (χ1n) is 10.2. The lowest BCUT2D eigenvalue weighted by atomic mass is 9.85. The molecule has 4 amide bonds. The van der Waals surface area contributed by atoms with E-state index in [-0.39, 0.29) is 48.4 Å². The zero-order valence-corrected chi connectivity index (χ0v) is 16.3. The topological polar surface area (TPSA) is 86.8 Å². The Morgan fingerprint density at radius 2 is 1.66 bits per heavy atom. The summed E-state index contributed by atoms with van der Waals surface area (Å²) in [6.45, 7) is 1.25. The van der Waals surface area contributed by atoms with E-state index in [2.05, 4.69) is 5.32 Å². The molecule has 1 aromatic rings. The van der Waals surface area contributed by atoms with E-state index in [1.807, 2.05) is 36.4 Å². The van der Waals surface area contributed by atoms with E-state index in [0.717, 1.165) is 24.2 Å². The number of amides is 4. The Labute approximate surface area is 169 Å². The molecule has 2 aliphatic heterocycles. The van der Waals surface area contributed by atoms with Gasteiger partial charge >= 0.3 is 0 Å². The number of hydrogen-bond acceptors (Lipinski definition) is 4. The maximum Gasteiger partial charge on any atom is 0.233 e. The Morgan fingerprint density at radius 3 is 2.24 bits per heavy atom. The molecule has 0 spiro atoms. The van der Waals surface area contributed by atoms with E-state index < -0.39 is 0 Å². The molecular weight excluding hydrogens is 370 g/mol. The number of rotatable bonds is 6. The molecule has 3 aliphatic rings. The van der Waals surface area contributed by atoms with Crippen LogP contribution in [0.25, 0.3) is 0 Å². The monoisotopic (exact) mass is 395 g/mol. The number of benzene rings is 1. The number of fused-ring (bicyclic) bond motifs is 1.